The first-order valence-corrected chi connectivity index (χ1v) is 5.82. The van der Waals surface area contributed by atoms with Gasteiger partial charge in [-0.05, 0) is 18.3 Å². The third-order valence-corrected chi connectivity index (χ3v) is 2.64. The van der Waals surface area contributed by atoms with E-state index in [0.29, 0.717) is 23.8 Å². The zero-order chi connectivity index (χ0) is 13.7. The van der Waals surface area contributed by atoms with Crippen molar-refractivity contribution in [3.05, 3.63) is 30.5 Å². The Morgan fingerprint density at radius 1 is 1.26 bits per heavy atom. The summed E-state index contributed by atoms with van der Waals surface area (Å²) in [4.78, 5) is 11.9. The van der Waals surface area contributed by atoms with Gasteiger partial charge in [-0.3, -0.25) is 5.32 Å². The minimum absolute atomic E-state index is 0.353. The van der Waals surface area contributed by atoms with Crippen molar-refractivity contribution in [3.63, 3.8) is 0 Å². The molecule has 1 unspecified atom stereocenters. The molecule has 1 atom stereocenters. The first-order valence-electron chi connectivity index (χ1n) is 5.82. The van der Waals surface area contributed by atoms with Crippen molar-refractivity contribution in [3.8, 4) is 17.2 Å². The van der Waals surface area contributed by atoms with Crippen molar-refractivity contribution in [2.75, 3.05) is 20.8 Å². The molecule has 0 amide bonds. The van der Waals surface area contributed by atoms with Gasteiger partial charge >= 0.3 is 5.97 Å². The van der Waals surface area contributed by atoms with Crippen molar-refractivity contribution >= 4 is 5.97 Å². The molecule has 19 heavy (non-hydrogen) atoms. The summed E-state index contributed by atoms with van der Waals surface area (Å²) in [5, 5.41) is 5.83. The molecule has 0 saturated carbocycles. The van der Waals surface area contributed by atoms with Crippen molar-refractivity contribution in [2.45, 2.75) is 6.17 Å². The molecule has 0 aliphatic carbocycles. The quantitative estimate of drug-likeness (QED) is 0.614. The average molecular weight is 264 g/mol. The Balaban J connectivity index is 2.09. The highest BCUT2D eigenvalue weighted by atomic mass is 16.6. The number of hydrogen-bond donors (Lipinski definition) is 2. The third kappa shape index (κ3) is 3.17. The number of methoxy groups -OCH3 is 2. The number of rotatable bonds is 4. The molecule has 0 radical (unpaired) electrons. The second-order valence-corrected chi connectivity index (χ2v) is 3.85. The van der Waals surface area contributed by atoms with E-state index in [9.17, 15) is 4.79 Å². The van der Waals surface area contributed by atoms with Gasteiger partial charge in [0.25, 0.3) is 0 Å². The molecule has 1 aliphatic rings. The topological polar surface area (TPSA) is 68.8 Å². The summed E-state index contributed by atoms with van der Waals surface area (Å²) in [6, 6.07) is 4.99. The van der Waals surface area contributed by atoms with E-state index in [4.69, 9.17) is 14.2 Å². The number of carbonyl (C=O) groups excluding carboxylic acids is 1. The van der Waals surface area contributed by atoms with Gasteiger partial charge in [0.2, 0.25) is 0 Å². The molecule has 6 heteroatoms. The van der Waals surface area contributed by atoms with Crippen molar-refractivity contribution < 1.29 is 19.0 Å². The Morgan fingerprint density at radius 3 is 2.74 bits per heavy atom. The monoisotopic (exact) mass is 264 g/mol. The van der Waals surface area contributed by atoms with E-state index in [2.05, 4.69) is 10.6 Å². The van der Waals surface area contributed by atoms with Crippen LogP contribution in [-0.2, 0) is 4.79 Å². The van der Waals surface area contributed by atoms with Gasteiger partial charge in [0.15, 0.2) is 17.7 Å². The average Bonchev–Trinajstić information content (AvgIpc) is 2.48. The summed E-state index contributed by atoms with van der Waals surface area (Å²) in [5.74, 6) is 1.01. The largest absolute Gasteiger partial charge is 0.497 e. The fraction of sp³-hybridized carbons (Fsp3) is 0.308. The second kappa shape index (κ2) is 6.10. The van der Waals surface area contributed by atoms with Crippen LogP contribution in [0.1, 0.15) is 0 Å². The summed E-state index contributed by atoms with van der Waals surface area (Å²) in [7, 11) is 3.06. The van der Waals surface area contributed by atoms with Crippen LogP contribution in [0.2, 0.25) is 0 Å². The summed E-state index contributed by atoms with van der Waals surface area (Å²) < 4.78 is 15.5. The van der Waals surface area contributed by atoms with E-state index in [0.717, 1.165) is 0 Å². The van der Waals surface area contributed by atoms with Crippen LogP contribution in [0.5, 0.6) is 17.2 Å². The number of nitrogens with one attached hydrogen (secondary N) is 2. The van der Waals surface area contributed by atoms with Gasteiger partial charge in [0.1, 0.15) is 5.75 Å². The van der Waals surface area contributed by atoms with E-state index in [1.165, 1.54) is 7.11 Å². The first kappa shape index (κ1) is 13.2. The summed E-state index contributed by atoms with van der Waals surface area (Å²) in [6.07, 6.45) is 3.03. The summed E-state index contributed by atoms with van der Waals surface area (Å²) >= 11 is 0. The van der Waals surface area contributed by atoms with Gasteiger partial charge < -0.3 is 19.5 Å². The number of carbonyl (C=O) groups is 1. The fourth-order valence-corrected chi connectivity index (χ4v) is 1.65. The van der Waals surface area contributed by atoms with Crippen molar-refractivity contribution in [1.82, 2.24) is 10.6 Å². The van der Waals surface area contributed by atoms with Crippen LogP contribution < -0.4 is 24.8 Å². The molecule has 0 saturated heterocycles. The lowest BCUT2D eigenvalue weighted by atomic mass is 10.3. The highest BCUT2D eigenvalue weighted by molar-refractivity contribution is 5.79. The number of benzene rings is 1. The maximum Gasteiger partial charge on any atom is 0.349 e. The van der Waals surface area contributed by atoms with E-state index in [1.54, 1.807) is 31.5 Å². The Morgan fingerprint density at radius 2 is 2.11 bits per heavy atom. The minimum atomic E-state index is -0.559. The fourth-order valence-electron chi connectivity index (χ4n) is 1.65. The van der Waals surface area contributed by atoms with E-state index >= 15 is 0 Å². The molecule has 0 fully saturated rings. The van der Waals surface area contributed by atoms with E-state index in [-0.39, 0.29) is 0 Å². The second-order valence-electron chi connectivity index (χ2n) is 3.85. The molecule has 1 aromatic rings. The van der Waals surface area contributed by atoms with Gasteiger partial charge in [0, 0.05) is 12.6 Å². The molecule has 102 valence electrons. The summed E-state index contributed by atoms with van der Waals surface area (Å²) in [5.41, 5.74) is 0. The van der Waals surface area contributed by atoms with Crippen LogP contribution >= 0.6 is 0 Å². The van der Waals surface area contributed by atoms with Crippen molar-refractivity contribution in [1.29, 1.82) is 0 Å². The Kier molecular flexibility index (Phi) is 4.25. The molecule has 0 bridgehead atoms. The lowest BCUT2D eigenvalue weighted by Gasteiger charge is -2.20. The summed E-state index contributed by atoms with van der Waals surface area (Å²) in [6.45, 7) is 0.618. The smallest absolute Gasteiger partial charge is 0.349 e. The van der Waals surface area contributed by atoms with Gasteiger partial charge in [-0.15, -0.1) is 0 Å². The van der Waals surface area contributed by atoms with Gasteiger partial charge in [0.05, 0.1) is 14.2 Å². The molecule has 6 nitrogen and oxygen atoms in total. The lowest BCUT2D eigenvalue weighted by Crippen LogP contribution is -2.50. The molecule has 1 aliphatic heterocycles. The molecule has 0 spiro atoms. The Hall–Kier alpha value is -2.21. The van der Waals surface area contributed by atoms with Crippen LogP contribution in [0.3, 0.4) is 0 Å². The van der Waals surface area contributed by atoms with Gasteiger partial charge in [-0.25, -0.2) is 4.79 Å². The standard InChI is InChI=1S/C13H16N2O4/c1-17-9-4-5-10(11(8-9)18-2)19-13(16)12-14-6-3-7-15-12/h3-6,8,12,14-15H,7H2,1-2H3. The van der Waals surface area contributed by atoms with Crippen LogP contribution in [0.4, 0.5) is 0 Å². The maximum atomic E-state index is 11.9. The molecular formula is C13H16N2O4. The predicted molar refractivity (Wildman–Crippen MR) is 69.2 cm³/mol. The Labute approximate surface area is 111 Å². The number of esters is 1. The first-order chi connectivity index (χ1) is 9.24. The number of ether oxygens (including phenoxy) is 3. The van der Waals surface area contributed by atoms with E-state index in [1.807, 2.05) is 6.08 Å². The van der Waals surface area contributed by atoms with Crippen LogP contribution in [0.15, 0.2) is 30.5 Å². The van der Waals surface area contributed by atoms with E-state index < -0.39 is 12.1 Å². The maximum absolute atomic E-state index is 11.9. The molecule has 2 N–H and O–H groups in total. The van der Waals surface area contributed by atoms with Crippen molar-refractivity contribution in [2.24, 2.45) is 0 Å². The molecule has 2 rings (SSSR count). The molecular weight excluding hydrogens is 248 g/mol. The SMILES string of the molecule is COc1ccc(OC(=O)C2NC=CCN2)c(OC)c1. The van der Waals surface area contributed by atoms with Gasteiger partial charge in [-0.2, -0.15) is 0 Å². The lowest BCUT2D eigenvalue weighted by molar-refractivity contribution is -0.137. The predicted octanol–water partition coefficient (Wildman–Crippen LogP) is 0.642. The molecule has 1 aromatic carbocycles. The minimum Gasteiger partial charge on any atom is -0.497 e. The van der Waals surface area contributed by atoms with Crippen LogP contribution in [0.25, 0.3) is 0 Å². The van der Waals surface area contributed by atoms with Crippen LogP contribution in [-0.4, -0.2) is 32.9 Å². The van der Waals surface area contributed by atoms with Crippen LogP contribution in [0, 0.1) is 0 Å². The Bertz CT molecular complexity index is 488. The number of hydrogen-bond acceptors (Lipinski definition) is 6. The van der Waals surface area contributed by atoms with Gasteiger partial charge in [-0.1, -0.05) is 6.08 Å². The normalized spacial score (nSPS) is 17.5. The molecule has 1 heterocycles. The third-order valence-electron chi connectivity index (χ3n) is 2.64. The zero-order valence-corrected chi connectivity index (χ0v) is 10.8. The highest BCUT2D eigenvalue weighted by Crippen LogP contribution is 2.31. The zero-order valence-electron chi connectivity index (χ0n) is 10.8. The molecule has 0 aromatic heterocycles. The highest BCUT2D eigenvalue weighted by Gasteiger charge is 2.21.